The van der Waals surface area contributed by atoms with Crippen LogP contribution < -0.4 is 4.72 Å². The molecule has 12 heteroatoms. The van der Waals surface area contributed by atoms with Gasteiger partial charge in [0.1, 0.15) is 0 Å². The Morgan fingerprint density at radius 3 is 1.64 bits per heavy atom. The Morgan fingerprint density at radius 1 is 0.667 bits per heavy atom. The van der Waals surface area contributed by atoms with Crippen LogP contribution in [0.4, 0.5) is 0 Å². The van der Waals surface area contributed by atoms with Crippen LogP contribution in [-0.2, 0) is 29.7 Å². The van der Waals surface area contributed by atoms with Crippen molar-refractivity contribution in [1.29, 1.82) is 0 Å². The fourth-order valence-electron chi connectivity index (χ4n) is 3.11. The van der Waals surface area contributed by atoms with Crippen molar-refractivity contribution < 1.29 is 25.3 Å². The second-order valence-corrected chi connectivity index (χ2v) is 13.7. The van der Waals surface area contributed by atoms with Gasteiger partial charge in [-0.25, -0.2) is 30.0 Å². The molecule has 33 heavy (non-hydrogen) atoms. The highest BCUT2D eigenvalue weighted by Gasteiger charge is 2.30. The first-order valence-corrected chi connectivity index (χ1v) is 15.0. The lowest BCUT2D eigenvalue weighted by Crippen LogP contribution is -2.25. The third-order valence-electron chi connectivity index (χ3n) is 4.69. The van der Waals surface area contributed by atoms with Crippen molar-refractivity contribution >= 4 is 52.9 Å². The molecule has 0 bridgehead atoms. The Balaban J connectivity index is 2.09. The van der Waals surface area contributed by atoms with Crippen molar-refractivity contribution in [3.63, 3.8) is 0 Å². The first-order valence-electron chi connectivity index (χ1n) is 9.34. The molecule has 0 aliphatic heterocycles. The first kappa shape index (κ1) is 25.7. The van der Waals surface area contributed by atoms with E-state index in [-0.39, 0.29) is 14.8 Å². The van der Waals surface area contributed by atoms with Crippen LogP contribution in [0.25, 0.3) is 0 Å². The quantitative estimate of drug-likeness (QED) is 0.472. The lowest BCUT2D eigenvalue weighted by Gasteiger charge is -2.15. The van der Waals surface area contributed by atoms with Crippen LogP contribution >= 0.6 is 23.2 Å². The van der Waals surface area contributed by atoms with Crippen LogP contribution in [0.2, 0.25) is 10.0 Å². The maximum absolute atomic E-state index is 13.4. The molecular formula is C21H19Cl2NO6S3. The monoisotopic (exact) mass is 547 g/mol. The van der Waals surface area contributed by atoms with Gasteiger partial charge < -0.3 is 0 Å². The van der Waals surface area contributed by atoms with Crippen molar-refractivity contribution in [2.24, 2.45) is 0 Å². The van der Waals surface area contributed by atoms with E-state index in [1.54, 1.807) is 6.92 Å². The largest absolute Gasteiger partial charge is 0.218 e. The van der Waals surface area contributed by atoms with Crippen LogP contribution in [0.5, 0.6) is 0 Å². The van der Waals surface area contributed by atoms with E-state index in [4.69, 9.17) is 23.2 Å². The summed E-state index contributed by atoms with van der Waals surface area (Å²) in [6.07, 6.45) is 1.02. The average Bonchev–Trinajstić information content (AvgIpc) is 2.72. The van der Waals surface area contributed by atoms with E-state index in [0.717, 1.165) is 18.4 Å². The number of sulfone groups is 2. The van der Waals surface area contributed by atoms with E-state index in [1.165, 1.54) is 54.6 Å². The van der Waals surface area contributed by atoms with Crippen LogP contribution in [0.3, 0.4) is 0 Å². The van der Waals surface area contributed by atoms with Crippen LogP contribution in [0.15, 0.2) is 86.3 Å². The topological polar surface area (TPSA) is 114 Å². The molecule has 3 aromatic carbocycles. The van der Waals surface area contributed by atoms with Gasteiger partial charge >= 0.3 is 0 Å². The molecule has 0 fully saturated rings. The van der Waals surface area contributed by atoms with E-state index in [9.17, 15) is 25.3 Å². The fourth-order valence-corrected chi connectivity index (χ4v) is 7.59. The average molecular weight is 548 g/mol. The molecule has 0 radical (unpaired) electrons. The third-order valence-corrected chi connectivity index (χ3v) is 9.73. The van der Waals surface area contributed by atoms with Gasteiger partial charge in [-0.15, -0.1) is 0 Å². The zero-order chi connectivity index (χ0) is 24.6. The summed E-state index contributed by atoms with van der Waals surface area (Å²) >= 11 is 11.8. The summed E-state index contributed by atoms with van der Waals surface area (Å²) in [5.41, 5.74) is 0.532. The summed E-state index contributed by atoms with van der Waals surface area (Å²) in [7, 11) is -12.0. The highest BCUT2D eigenvalue weighted by atomic mass is 35.5. The Hall–Kier alpha value is -1.95. The second-order valence-electron chi connectivity index (χ2n) is 7.23. The van der Waals surface area contributed by atoms with Crippen molar-refractivity contribution in [2.45, 2.75) is 32.5 Å². The second kappa shape index (κ2) is 9.36. The molecule has 0 spiro atoms. The molecule has 0 unspecified atom stereocenters. The Morgan fingerprint density at radius 2 is 1.12 bits per heavy atom. The molecule has 0 saturated carbocycles. The van der Waals surface area contributed by atoms with Crippen molar-refractivity contribution in [3.05, 3.63) is 82.3 Å². The summed E-state index contributed by atoms with van der Waals surface area (Å²) in [5, 5.41) is 0.380. The third kappa shape index (κ3) is 5.76. The van der Waals surface area contributed by atoms with Crippen LogP contribution in [0.1, 0.15) is 18.5 Å². The van der Waals surface area contributed by atoms with Crippen molar-refractivity contribution in [2.75, 3.05) is 6.26 Å². The Labute approximate surface area is 203 Å². The molecule has 0 heterocycles. The minimum atomic E-state index is -4.27. The smallest absolute Gasteiger partial charge is 0.209 e. The van der Waals surface area contributed by atoms with Crippen LogP contribution in [0, 0.1) is 0 Å². The molecular weight excluding hydrogens is 529 g/mol. The normalized spacial score (nSPS) is 13.6. The predicted octanol–water partition coefficient (Wildman–Crippen LogP) is 4.27. The van der Waals surface area contributed by atoms with Crippen LogP contribution in [-0.4, -0.2) is 31.5 Å². The van der Waals surface area contributed by atoms with Gasteiger partial charge in [0.25, 0.3) is 0 Å². The number of nitrogens with one attached hydrogen (secondary N) is 1. The Kier molecular flexibility index (Phi) is 7.28. The van der Waals surface area contributed by atoms with Gasteiger partial charge in [-0.1, -0.05) is 35.3 Å². The number of sulfonamides is 1. The zero-order valence-electron chi connectivity index (χ0n) is 17.4. The van der Waals surface area contributed by atoms with E-state index in [2.05, 4.69) is 4.72 Å². The van der Waals surface area contributed by atoms with Crippen molar-refractivity contribution in [3.8, 4) is 0 Å². The van der Waals surface area contributed by atoms with E-state index in [0.29, 0.717) is 10.6 Å². The van der Waals surface area contributed by atoms with E-state index in [1.807, 2.05) is 0 Å². The number of hydrogen-bond donors (Lipinski definition) is 1. The highest BCUT2D eigenvalue weighted by Crippen LogP contribution is 2.33. The van der Waals surface area contributed by atoms with Gasteiger partial charge in [-0.05, 0) is 67.1 Å². The van der Waals surface area contributed by atoms with Gasteiger partial charge in [0, 0.05) is 16.1 Å². The first-order chi connectivity index (χ1) is 15.2. The lowest BCUT2D eigenvalue weighted by molar-refractivity contribution is 0.572. The van der Waals surface area contributed by atoms with Gasteiger partial charge in [0.2, 0.25) is 29.7 Å². The van der Waals surface area contributed by atoms with Gasteiger partial charge in [-0.3, -0.25) is 0 Å². The molecule has 0 saturated heterocycles. The molecule has 0 aliphatic rings. The van der Waals surface area contributed by atoms with Gasteiger partial charge in [-0.2, -0.15) is 0 Å². The number of rotatable bonds is 7. The van der Waals surface area contributed by atoms with Crippen molar-refractivity contribution in [1.82, 2.24) is 4.72 Å². The minimum Gasteiger partial charge on any atom is -0.218 e. The maximum atomic E-state index is 13.4. The molecule has 3 rings (SSSR count). The fraction of sp³-hybridized carbons (Fsp3) is 0.143. The number of benzene rings is 3. The highest BCUT2D eigenvalue weighted by molar-refractivity contribution is 7.94. The Bertz CT molecular complexity index is 1500. The molecule has 1 N–H and O–H groups in total. The number of hydrogen-bond acceptors (Lipinski definition) is 6. The zero-order valence-corrected chi connectivity index (χ0v) is 21.3. The standard InChI is InChI=1S/C21H19Cl2NO6S3/c1-14(24-31(2,25)26)15-3-8-18(9-4-15)32(27,28)20-12-7-17(23)13-21(20)33(29,30)19-10-5-16(22)6-11-19/h3-14,24H,1-2H3/t14-/m0/s1. The van der Waals surface area contributed by atoms with E-state index < -0.39 is 45.5 Å². The molecule has 0 amide bonds. The molecule has 1 atom stereocenters. The summed E-state index contributed by atoms with van der Waals surface area (Å²) in [6.45, 7) is 1.61. The molecule has 0 aliphatic carbocycles. The lowest BCUT2D eigenvalue weighted by atomic mass is 10.1. The molecule has 7 nitrogen and oxygen atoms in total. The summed E-state index contributed by atoms with van der Waals surface area (Å²) < 4.78 is 78.5. The number of halogens is 2. The molecule has 3 aromatic rings. The molecule has 176 valence electrons. The maximum Gasteiger partial charge on any atom is 0.209 e. The van der Waals surface area contributed by atoms with Gasteiger partial charge in [0.15, 0.2) is 0 Å². The van der Waals surface area contributed by atoms with Gasteiger partial charge in [0.05, 0.1) is 25.8 Å². The molecule has 0 aromatic heterocycles. The summed E-state index contributed by atoms with van der Waals surface area (Å²) in [6, 6.07) is 13.8. The predicted molar refractivity (Wildman–Crippen MR) is 127 cm³/mol. The summed E-state index contributed by atoms with van der Waals surface area (Å²) in [4.78, 5) is -1.19. The summed E-state index contributed by atoms with van der Waals surface area (Å²) in [5.74, 6) is 0. The minimum absolute atomic E-state index is 0.0533. The van der Waals surface area contributed by atoms with E-state index >= 15 is 0 Å². The SMILES string of the molecule is C[C@H](NS(C)(=O)=O)c1ccc(S(=O)(=O)c2ccc(Cl)cc2S(=O)(=O)c2ccc(Cl)cc2)cc1.